The molecule has 2 N–H and O–H groups in total. The highest BCUT2D eigenvalue weighted by Crippen LogP contribution is 2.29. The van der Waals surface area contributed by atoms with E-state index >= 15 is 0 Å². The van der Waals surface area contributed by atoms with Crippen molar-refractivity contribution in [1.29, 1.82) is 0 Å². The van der Waals surface area contributed by atoms with E-state index in [4.69, 9.17) is 4.74 Å². The molecule has 1 aromatic heterocycles. The summed E-state index contributed by atoms with van der Waals surface area (Å²) in [4.78, 5) is 7.61. The molecule has 1 unspecified atom stereocenters. The summed E-state index contributed by atoms with van der Waals surface area (Å²) in [6.45, 7) is 0. The maximum absolute atomic E-state index is 12.8. The van der Waals surface area contributed by atoms with Gasteiger partial charge in [-0.2, -0.15) is 0 Å². The first-order chi connectivity index (χ1) is 11.4. The third-order valence-corrected chi connectivity index (χ3v) is 5.08. The van der Waals surface area contributed by atoms with Crippen molar-refractivity contribution in [3.63, 3.8) is 0 Å². The molecule has 6 nitrogen and oxygen atoms in total. The van der Waals surface area contributed by atoms with Crippen molar-refractivity contribution >= 4 is 27.5 Å². The smallest absolute Gasteiger partial charge is 0.197 e. The number of para-hydroxylation sites is 2. The van der Waals surface area contributed by atoms with Crippen LogP contribution in [0.4, 0.5) is 5.69 Å². The number of hydrogen-bond acceptors (Lipinski definition) is 4. The molecule has 0 aliphatic heterocycles. The first-order valence-electron chi connectivity index (χ1n) is 7.70. The molecule has 0 aliphatic carbocycles. The molecule has 2 aromatic carbocycles. The highest BCUT2D eigenvalue weighted by atomic mass is 32.2. The molecular weight excluding hydrogens is 338 g/mol. The summed E-state index contributed by atoms with van der Waals surface area (Å²) in [6.07, 6.45) is 0. The van der Waals surface area contributed by atoms with Crippen LogP contribution in [0.3, 0.4) is 0 Å². The molecule has 25 heavy (non-hydrogen) atoms. The normalized spacial score (nSPS) is 12.6. The van der Waals surface area contributed by atoms with Crippen LogP contribution >= 0.6 is 0 Å². The number of benzene rings is 2. The second-order valence-electron chi connectivity index (χ2n) is 6.56. The molecule has 0 saturated heterocycles. The number of rotatable bonds is 5. The first kappa shape index (κ1) is 19.1. The standard InChI is InChI=1S/C18H22N3O2S.H2O/c1-21(2,3)17-10-9-14(23-4)11-13(17)12-24(22)18-19-15-7-5-6-8-16(15)20-18;/h5-11H,12H2,1-4H3,(H,19,20);1H2/q+1;/p-1. The van der Waals surface area contributed by atoms with Crippen LogP contribution in [0.5, 0.6) is 5.75 Å². The Bertz CT molecular complexity index is 867. The molecule has 0 spiro atoms. The van der Waals surface area contributed by atoms with E-state index in [0.717, 1.165) is 28.0 Å². The van der Waals surface area contributed by atoms with Crippen LogP contribution in [0, 0.1) is 0 Å². The Morgan fingerprint density at radius 3 is 2.52 bits per heavy atom. The molecule has 0 radical (unpaired) electrons. The lowest BCUT2D eigenvalue weighted by Gasteiger charge is -2.26. The van der Waals surface area contributed by atoms with E-state index in [0.29, 0.717) is 15.4 Å². The van der Waals surface area contributed by atoms with Gasteiger partial charge in [0.05, 0.1) is 55.8 Å². The summed E-state index contributed by atoms with van der Waals surface area (Å²) in [5, 5.41) is 0.506. The third-order valence-electron chi connectivity index (χ3n) is 3.88. The van der Waals surface area contributed by atoms with E-state index in [1.165, 1.54) is 0 Å². The number of methoxy groups -OCH3 is 1. The lowest BCUT2D eigenvalue weighted by molar-refractivity contribution is 0.413. The van der Waals surface area contributed by atoms with E-state index < -0.39 is 10.8 Å². The van der Waals surface area contributed by atoms with Crippen molar-refractivity contribution in [3.8, 4) is 5.75 Å². The van der Waals surface area contributed by atoms with Gasteiger partial charge in [0, 0.05) is 11.6 Å². The molecule has 0 saturated carbocycles. The van der Waals surface area contributed by atoms with Crippen molar-refractivity contribution in [2.75, 3.05) is 28.3 Å². The average Bonchev–Trinajstić information content (AvgIpc) is 2.98. The summed E-state index contributed by atoms with van der Waals surface area (Å²) in [5.41, 5.74) is 3.84. The fourth-order valence-electron chi connectivity index (χ4n) is 2.71. The molecule has 3 rings (SSSR count). The minimum absolute atomic E-state index is 0. The maximum Gasteiger partial charge on any atom is 0.197 e. The molecule has 1 heterocycles. The maximum atomic E-state index is 12.8. The Hall–Kier alpha value is -2.22. The van der Waals surface area contributed by atoms with Crippen LogP contribution in [0.2, 0.25) is 0 Å². The zero-order chi connectivity index (χ0) is 17.3. The summed E-state index contributed by atoms with van der Waals surface area (Å²) in [7, 11) is 6.66. The Balaban J connectivity index is 0.00000225. The third kappa shape index (κ3) is 4.07. The minimum Gasteiger partial charge on any atom is -0.870 e. The van der Waals surface area contributed by atoms with Gasteiger partial charge in [-0.05, 0) is 24.3 Å². The van der Waals surface area contributed by atoms with Crippen molar-refractivity contribution < 1.29 is 14.4 Å². The largest absolute Gasteiger partial charge is 0.870 e. The molecule has 0 amide bonds. The quantitative estimate of drug-likeness (QED) is 0.708. The molecule has 0 bridgehead atoms. The molecule has 3 aromatic rings. The Morgan fingerprint density at radius 1 is 1.16 bits per heavy atom. The number of quaternary nitrogens is 1. The van der Waals surface area contributed by atoms with Crippen LogP contribution in [-0.2, 0) is 16.6 Å². The van der Waals surface area contributed by atoms with Gasteiger partial charge < -0.3 is 15.2 Å². The van der Waals surface area contributed by atoms with E-state index in [1.807, 2.05) is 42.5 Å². The fraction of sp³-hybridized carbons (Fsp3) is 0.278. The van der Waals surface area contributed by atoms with Gasteiger partial charge in [-0.1, -0.05) is 12.1 Å². The summed E-state index contributed by atoms with van der Waals surface area (Å²) in [5.74, 6) is 1.16. The molecule has 134 valence electrons. The topological polar surface area (TPSA) is 85.0 Å². The number of fused-ring (bicyclic) bond motifs is 1. The molecule has 0 fully saturated rings. The number of nitrogens with zero attached hydrogens (tertiary/aromatic N) is 2. The molecule has 7 heteroatoms. The minimum atomic E-state index is -1.25. The SMILES string of the molecule is COc1ccc([N+](C)(C)C)c(CS(=O)c2nc3ccccc3[nH]2)c1.[OH-]. The molecular formula is C18H23N3O3S. The van der Waals surface area contributed by atoms with Crippen LogP contribution in [0.15, 0.2) is 47.6 Å². The number of nitrogens with one attached hydrogen (secondary N) is 1. The van der Waals surface area contributed by atoms with Gasteiger partial charge in [0.15, 0.2) is 5.16 Å². The van der Waals surface area contributed by atoms with E-state index in [1.54, 1.807) is 7.11 Å². The van der Waals surface area contributed by atoms with Crippen LogP contribution in [-0.4, -0.2) is 47.9 Å². The van der Waals surface area contributed by atoms with Crippen LogP contribution < -0.4 is 9.22 Å². The fourth-order valence-corrected chi connectivity index (χ4v) is 3.78. The van der Waals surface area contributed by atoms with Gasteiger partial charge >= 0.3 is 0 Å². The number of ether oxygens (including phenoxy) is 1. The number of H-pyrrole nitrogens is 1. The summed E-state index contributed by atoms with van der Waals surface area (Å²) in [6, 6.07) is 13.6. The highest BCUT2D eigenvalue weighted by molar-refractivity contribution is 7.84. The van der Waals surface area contributed by atoms with Gasteiger partial charge in [-0.3, -0.25) is 8.69 Å². The number of aromatic amines is 1. The lowest BCUT2D eigenvalue weighted by atomic mass is 10.1. The predicted octanol–water partition coefficient (Wildman–Crippen LogP) is 2.90. The molecule has 1 atom stereocenters. The van der Waals surface area contributed by atoms with Crippen molar-refractivity contribution in [2.45, 2.75) is 10.9 Å². The summed E-state index contributed by atoms with van der Waals surface area (Å²) < 4.78 is 18.8. The van der Waals surface area contributed by atoms with Gasteiger partial charge in [-0.25, -0.2) is 4.98 Å². The average molecular weight is 361 g/mol. The Labute approximate surface area is 149 Å². The van der Waals surface area contributed by atoms with E-state index in [9.17, 15) is 4.21 Å². The van der Waals surface area contributed by atoms with Gasteiger partial charge in [0.1, 0.15) is 11.4 Å². The second kappa shape index (κ2) is 7.35. The monoisotopic (exact) mass is 361 g/mol. The van der Waals surface area contributed by atoms with E-state index in [2.05, 4.69) is 31.1 Å². The lowest BCUT2D eigenvalue weighted by Crippen LogP contribution is -2.35. The molecule has 0 aliphatic rings. The predicted molar refractivity (Wildman–Crippen MR) is 101 cm³/mol. The number of imidazole rings is 1. The highest BCUT2D eigenvalue weighted by Gasteiger charge is 2.21. The zero-order valence-corrected chi connectivity index (χ0v) is 15.6. The Morgan fingerprint density at radius 2 is 1.88 bits per heavy atom. The zero-order valence-electron chi connectivity index (χ0n) is 14.8. The first-order valence-corrected chi connectivity index (χ1v) is 9.02. The summed E-state index contributed by atoms with van der Waals surface area (Å²) >= 11 is 0. The van der Waals surface area contributed by atoms with Gasteiger partial charge in [-0.15, -0.1) is 0 Å². The second-order valence-corrected chi connectivity index (χ2v) is 7.92. The number of hydrogen-bond donors (Lipinski definition) is 1. The Kier molecular flexibility index (Phi) is 5.62. The van der Waals surface area contributed by atoms with Crippen molar-refractivity contribution in [2.24, 2.45) is 0 Å². The van der Waals surface area contributed by atoms with Crippen LogP contribution in [0.25, 0.3) is 11.0 Å². The van der Waals surface area contributed by atoms with Gasteiger partial charge in [0.2, 0.25) is 0 Å². The van der Waals surface area contributed by atoms with Crippen LogP contribution in [0.1, 0.15) is 5.56 Å². The van der Waals surface area contributed by atoms with Crippen molar-refractivity contribution in [3.05, 3.63) is 48.0 Å². The van der Waals surface area contributed by atoms with Crippen molar-refractivity contribution in [1.82, 2.24) is 14.5 Å². The van der Waals surface area contributed by atoms with E-state index in [-0.39, 0.29) is 5.48 Å². The van der Waals surface area contributed by atoms with Gasteiger partial charge in [0.25, 0.3) is 0 Å². The number of aromatic nitrogens is 2.